The zero-order valence-electron chi connectivity index (χ0n) is 16.7. The zero-order chi connectivity index (χ0) is 22.1. The summed E-state index contributed by atoms with van der Waals surface area (Å²) in [5, 5.41) is 11.1. The van der Waals surface area contributed by atoms with Gasteiger partial charge >= 0.3 is 17.8 Å². The number of para-hydroxylation sites is 1. The van der Waals surface area contributed by atoms with E-state index < -0.39 is 23.4 Å². The van der Waals surface area contributed by atoms with E-state index in [0.29, 0.717) is 11.1 Å². The van der Waals surface area contributed by atoms with Crippen LogP contribution in [-0.4, -0.2) is 28.6 Å². The summed E-state index contributed by atoms with van der Waals surface area (Å²) in [5.41, 5.74) is -0.542. The third-order valence-electron chi connectivity index (χ3n) is 4.24. The van der Waals surface area contributed by atoms with Crippen molar-refractivity contribution in [1.29, 1.82) is 0 Å². The lowest BCUT2D eigenvalue weighted by molar-refractivity contribution is -0.162. The number of carboxylic acid groups (broad SMARTS) is 1. The van der Waals surface area contributed by atoms with E-state index in [2.05, 4.69) is 15.9 Å². The Balaban J connectivity index is 2.27. The molecule has 0 fully saturated rings. The Kier molecular flexibility index (Phi) is 5.94. The maximum Gasteiger partial charge on any atom is 0.398 e. The number of amides is 1. The number of rotatable bonds is 3. The van der Waals surface area contributed by atoms with E-state index in [1.807, 2.05) is 12.1 Å². The molecule has 0 heterocycles. The fourth-order valence-electron chi connectivity index (χ4n) is 3.05. The van der Waals surface area contributed by atoms with Gasteiger partial charge in [-0.2, -0.15) is 0 Å². The summed E-state index contributed by atoms with van der Waals surface area (Å²) in [6.45, 7) is 4.97. The Bertz CT molecular complexity index is 1150. The highest BCUT2D eigenvalue weighted by atomic mass is 79.9. The lowest BCUT2D eigenvalue weighted by atomic mass is 10.1. The van der Waals surface area contributed by atoms with Crippen LogP contribution in [-0.2, 0) is 14.3 Å². The van der Waals surface area contributed by atoms with Gasteiger partial charge in [-0.05, 0) is 50.4 Å². The number of aromatic carboxylic acids is 1. The minimum Gasteiger partial charge on any atom is -0.478 e. The molecule has 0 aliphatic carbocycles. The molecule has 3 aromatic rings. The zero-order valence-corrected chi connectivity index (χ0v) is 18.3. The lowest BCUT2D eigenvalue weighted by Gasteiger charge is -2.27. The average Bonchev–Trinajstić information content (AvgIpc) is 2.69. The van der Waals surface area contributed by atoms with Crippen molar-refractivity contribution in [3.8, 4) is 0 Å². The fourth-order valence-corrected chi connectivity index (χ4v) is 3.53. The second kappa shape index (κ2) is 8.28. The van der Waals surface area contributed by atoms with E-state index >= 15 is 0 Å². The van der Waals surface area contributed by atoms with Crippen LogP contribution in [0.3, 0.4) is 0 Å². The lowest BCUT2D eigenvalue weighted by Crippen LogP contribution is -2.38. The maximum atomic E-state index is 13.3. The Labute approximate surface area is 182 Å². The van der Waals surface area contributed by atoms with Gasteiger partial charge in [0.25, 0.3) is 0 Å². The highest BCUT2D eigenvalue weighted by Crippen LogP contribution is 2.37. The number of ether oxygens (including phenoxy) is 1. The summed E-state index contributed by atoms with van der Waals surface area (Å²) in [6.07, 6.45) is 0. The van der Waals surface area contributed by atoms with Crippen molar-refractivity contribution in [1.82, 2.24) is 0 Å². The molecule has 154 valence electrons. The normalized spacial score (nSPS) is 11.2. The molecule has 0 atom stereocenters. The molecule has 0 saturated carbocycles. The van der Waals surface area contributed by atoms with E-state index in [4.69, 9.17) is 4.74 Å². The topological polar surface area (TPSA) is 83.9 Å². The van der Waals surface area contributed by atoms with Gasteiger partial charge in [-0.15, -0.1) is 0 Å². The average molecular weight is 470 g/mol. The van der Waals surface area contributed by atoms with Crippen molar-refractivity contribution in [3.05, 3.63) is 70.7 Å². The van der Waals surface area contributed by atoms with Crippen molar-refractivity contribution in [2.24, 2.45) is 0 Å². The Hall–Kier alpha value is -3.19. The van der Waals surface area contributed by atoms with Crippen LogP contribution < -0.4 is 4.90 Å². The first kappa shape index (κ1) is 21.5. The molecule has 0 spiro atoms. The molecule has 0 saturated heterocycles. The second-order valence-electron chi connectivity index (χ2n) is 7.58. The SMILES string of the molecule is CC(C)(C)OC(=O)C(=O)N(c1ccccc1C(=O)O)c1ccc(Br)c2ccccc12. The minimum atomic E-state index is -1.21. The predicted octanol–water partition coefficient (Wildman–Crippen LogP) is 5.31. The predicted molar refractivity (Wildman–Crippen MR) is 118 cm³/mol. The summed E-state index contributed by atoms with van der Waals surface area (Å²) >= 11 is 3.49. The summed E-state index contributed by atoms with van der Waals surface area (Å²) in [6, 6.07) is 16.8. The standard InChI is InChI=1S/C23H20BrNO5/c1-23(2,3)30-22(29)20(26)25(18-11-7-6-10-16(18)21(27)28)19-13-12-17(24)14-8-4-5-9-15(14)19/h4-13H,1-3H3,(H,27,28). The van der Waals surface area contributed by atoms with Crippen LogP contribution in [0.25, 0.3) is 10.8 Å². The molecule has 7 heteroatoms. The van der Waals surface area contributed by atoms with Gasteiger partial charge in [0.1, 0.15) is 5.60 Å². The van der Waals surface area contributed by atoms with Crippen LogP contribution in [0.15, 0.2) is 65.1 Å². The summed E-state index contributed by atoms with van der Waals surface area (Å²) in [7, 11) is 0. The van der Waals surface area contributed by atoms with Crippen molar-refractivity contribution in [3.63, 3.8) is 0 Å². The van der Waals surface area contributed by atoms with Gasteiger partial charge in [0.05, 0.1) is 16.9 Å². The third kappa shape index (κ3) is 4.36. The fraction of sp³-hybridized carbons (Fsp3) is 0.174. The van der Waals surface area contributed by atoms with E-state index in [1.54, 1.807) is 57.2 Å². The highest BCUT2D eigenvalue weighted by Gasteiger charge is 2.32. The Morgan fingerprint density at radius 3 is 2.10 bits per heavy atom. The first-order valence-electron chi connectivity index (χ1n) is 9.17. The molecule has 1 amide bonds. The Morgan fingerprint density at radius 2 is 1.47 bits per heavy atom. The molecular formula is C23H20BrNO5. The van der Waals surface area contributed by atoms with E-state index in [0.717, 1.165) is 14.8 Å². The van der Waals surface area contributed by atoms with Gasteiger partial charge in [0.15, 0.2) is 0 Å². The van der Waals surface area contributed by atoms with Gasteiger partial charge < -0.3 is 9.84 Å². The Morgan fingerprint density at radius 1 is 0.867 bits per heavy atom. The van der Waals surface area contributed by atoms with Gasteiger partial charge in [-0.1, -0.05) is 52.3 Å². The number of esters is 1. The molecule has 0 bridgehead atoms. The molecule has 3 rings (SSSR count). The second-order valence-corrected chi connectivity index (χ2v) is 8.43. The van der Waals surface area contributed by atoms with Crippen molar-refractivity contribution in [2.75, 3.05) is 4.90 Å². The van der Waals surface area contributed by atoms with E-state index in [9.17, 15) is 19.5 Å². The van der Waals surface area contributed by atoms with E-state index in [-0.39, 0.29) is 11.3 Å². The van der Waals surface area contributed by atoms with Gasteiger partial charge in [-0.25, -0.2) is 9.59 Å². The molecule has 0 radical (unpaired) electrons. The quantitative estimate of drug-likeness (QED) is 0.415. The molecule has 30 heavy (non-hydrogen) atoms. The molecular weight excluding hydrogens is 450 g/mol. The summed E-state index contributed by atoms with van der Waals surface area (Å²) in [5.74, 6) is -3.27. The highest BCUT2D eigenvalue weighted by molar-refractivity contribution is 9.10. The molecule has 1 N–H and O–H groups in total. The number of hydrogen-bond acceptors (Lipinski definition) is 4. The summed E-state index contributed by atoms with van der Waals surface area (Å²) in [4.78, 5) is 38.9. The molecule has 0 aliphatic rings. The van der Waals surface area contributed by atoms with Crippen molar-refractivity contribution in [2.45, 2.75) is 26.4 Å². The number of hydrogen-bond donors (Lipinski definition) is 1. The molecule has 0 aromatic heterocycles. The minimum absolute atomic E-state index is 0.0772. The van der Waals surface area contributed by atoms with Crippen molar-refractivity contribution >= 4 is 55.9 Å². The van der Waals surface area contributed by atoms with Crippen LogP contribution in [0, 0.1) is 0 Å². The van der Waals surface area contributed by atoms with Crippen LogP contribution in [0.4, 0.5) is 11.4 Å². The third-order valence-corrected chi connectivity index (χ3v) is 4.93. The van der Waals surface area contributed by atoms with Crippen LogP contribution in [0.5, 0.6) is 0 Å². The first-order valence-corrected chi connectivity index (χ1v) is 9.96. The van der Waals surface area contributed by atoms with Gasteiger partial charge in [0.2, 0.25) is 0 Å². The number of fused-ring (bicyclic) bond motifs is 1. The number of carboxylic acids is 1. The monoisotopic (exact) mass is 469 g/mol. The van der Waals surface area contributed by atoms with Crippen LogP contribution >= 0.6 is 15.9 Å². The number of nitrogens with zero attached hydrogens (tertiary/aromatic N) is 1. The molecule has 6 nitrogen and oxygen atoms in total. The van der Waals surface area contributed by atoms with Crippen molar-refractivity contribution < 1.29 is 24.2 Å². The number of halogens is 1. The summed E-state index contributed by atoms with van der Waals surface area (Å²) < 4.78 is 6.08. The van der Waals surface area contributed by atoms with Gasteiger partial charge in [0, 0.05) is 9.86 Å². The van der Waals surface area contributed by atoms with E-state index in [1.165, 1.54) is 12.1 Å². The largest absolute Gasteiger partial charge is 0.478 e. The molecule has 0 unspecified atom stereocenters. The number of anilines is 2. The number of benzene rings is 3. The smallest absolute Gasteiger partial charge is 0.398 e. The molecule has 3 aromatic carbocycles. The maximum absolute atomic E-state index is 13.3. The van der Waals surface area contributed by atoms with Gasteiger partial charge in [-0.3, -0.25) is 9.69 Å². The van der Waals surface area contributed by atoms with Crippen LogP contribution in [0.2, 0.25) is 0 Å². The van der Waals surface area contributed by atoms with Crippen LogP contribution in [0.1, 0.15) is 31.1 Å². The molecule has 0 aliphatic heterocycles. The number of carbonyl (C=O) groups is 3. The first-order chi connectivity index (χ1) is 14.1. The number of carbonyl (C=O) groups excluding carboxylic acids is 2.